The number of rotatable bonds is 12. The van der Waals surface area contributed by atoms with Crippen LogP contribution in [0.25, 0.3) is 0 Å². The Kier molecular flexibility index (Phi) is 12.1. The van der Waals surface area contributed by atoms with E-state index >= 15 is 0 Å². The summed E-state index contributed by atoms with van der Waals surface area (Å²) in [5.74, 6) is 0.232. The first-order valence-corrected chi connectivity index (χ1v) is 23.7. The van der Waals surface area contributed by atoms with Gasteiger partial charge < -0.3 is 0 Å². The minimum atomic E-state index is -0.539. The first-order valence-electron chi connectivity index (χ1n) is 21.4. The molecule has 1 aliphatic carbocycles. The minimum Gasteiger partial charge on any atom is -0.121 e. The van der Waals surface area contributed by atoms with Crippen molar-refractivity contribution in [3.63, 3.8) is 0 Å². The molecule has 0 nitrogen and oxygen atoms in total. The van der Waals surface area contributed by atoms with E-state index in [1.165, 1.54) is 44.5 Å². The van der Waals surface area contributed by atoms with Crippen LogP contribution in [0.2, 0.25) is 0 Å². The SMILES string of the molecule is PC(c1ccccc1)(c1ccccc1)[C@@H]1[C@H](C(P)(c2ccccc2)c2ccccc2)[C@H](C(P)(c2ccccc2)c2ccccc2)C[C@@H]1C(P)(c1ccccc1)c1ccccc1. The largest absolute Gasteiger partial charge is 0.121 e. The predicted octanol–water partition coefficient (Wildman–Crippen LogP) is 14.1. The van der Waals surface area contributed by atoms with E-state index in [0.29, 0.717) is 0 Å². The Morgan fingerprint density at radius 1 is 0.230 bits per heavy atom. The smallest absolute Gasteiger partial charge is 0.0378 e. The molecule has 1 saturated carbocycles. The molecule has 0 aromatic heterocycles. The lowest BCUT2D eigenvalue weighted by atomic mass is 9.59. The monoisotopic (exact) mass is 862 g/mol. The Labute approximate surface area is 372 Å². The zero-order valence-corrected chi connectivity index (χ0v) is 39.0. The third-order valence-corrected chi connectivity index (χ3v) is 18.3. The third-order valence-electron chi connectivity index (χ3n) is 14.0. The molecule has 4 unspecified atom stereocenters. The average Bonchev–Trinajstić information content (AvgIpc) is 3.78. The second-order valence-corrected chi connectivity index (χ2v) is 20.5. The van der Waals surface area contributed by atoms with Crippen LogP contribution < -0.4 is 0 Å². The fourth-order valence-electron chi connectivity index (χ4n) is 11.2. The zero-order valence-electron chi connectivity index (χ0n) is 34.4. The molecule has 0 heterocycles. The van der Waals surface area contributed by atoms with Crippen molar-refractivity contribution in [2.45, 2.75) is 27.0 Å². The van der Waals surface area contributed by atoms with Crippen molar-refractivity contribution in [2.75, 3.05) is 0 Å². The molecule has 1 fully saturated rings. The Morgan fingerprint density at radius 3 is 0.541 bits per heavy atom. The Balaban J connectivity index is 1.48. The second-order valence-electron chi connectivity index (χ2n) is 16.9. The van der Waals surface area contributed by atoms with Gasteiger partial charge in [-0.3, -0.25) is 0 Å². The molecular formula is C57H54P4. The molecule has 4 heteroatoms. The van der Waals surface area contributed by atoms with Crippen LogP contribution in [-0.2, 0) is 20.6 Å². The van der Waals surface area contributed by atoms with Crippen LogP contribution in [0.15, 0.2) is 243 Å². The summed E-state index contributed by atoms with van der Waals surface area (Å²) in [7, 11) is 14.3. The molecule has 302 valence electrons. The summed E-state index contributed by atoms with van der Waals surface area (Å²) < 4.78 is 0. The van der Waals surface area contributed by atoms with Gasteiger partial charge in [-0.05, 0) is 74.6 Å². The van der Waals surface area contributed by atoms with Crippen LogP contribution in [0.4, 0.5) is 0 Å². The summed E-state index contributed by atoms with van der Waals surface area (Å²) in [5.41, 5.74) is 10.4. The molecule has 0 N–H and O–H groups in total. The minimum absolute atomic E-state index is 0.0236. The number of hydrogen-bond donors (Lipinski definition) is 0. The average molecular weight is 863 g/mol. The van der Waals surface area contributed by atoms with Crippen LogP contribution in [0.3, 0.4) is 0 Å². The molecule has 8 atom stereocenters. The van der Waals surface area contributed by atoms with Gasteiger partial charge in [0.2, 0.25) is 0 Å². The molecule has 0 bridgehead atoms. The third kappa shape index (κ3) is 7.30. The van der Waals surface area contributed by atoms with Gasteiger partial charge in [0.05, 0.1) is 0 Å². The predicted molar refractivity (Wildman–Crippen MR) is 272 cm³/mol. The van der Waals surface area contributed by atoms with E-state index in [0.717, 1.165) is 6.42 Å². The summed E-state index contributed by atoms with van der Waals surface area (Å²) in [6, 6.07) is 90.7. The fourth-order valence-corrected chi connectivity index (χ4v) is 14.3. The quantitative estimate of drug-likeness (QED) is 0.107. The maximum atomic E-state index is 3.59. The van der Waals surface area contributed by atoms with Crippen molar-refractivity contribution in [1.82, 2.24) is 0 Å². The van der Waals surface area contributed by atoms with Gasteiger partial charge in [-0.1, -0.05) is 243 Å². The number of hydrogen-bond acceptors (Lipinski definition) is 0. The van der Waals surface area contributed by atoms with Gasteiger partial charge in [0.1, 0.15) is 0 Å². The zero-order chi connectivity index (χ0) is 41.9. The lowest BCUT2D eigenvalue weighted by Crippen LogP contribution is -2.50. The molecule has 1 aliphatic rings. The molecule has 8 aromatic rings. The van der Waals surface area contributed by atoms with Crippen molar-refractivity contribution in [3.05, 3.63) is 287 Å². The molecule has 8 aromatic carbocycles. The van der Waals surface area contributed by atoms with E-state index in [-0.39, 0.29) is 23.7 Å². The van der Waals surface area contributed by atoms with Gasteiger partial charge in [-0.15, -0.1) is 37.0 Å². The topological polar surface area (TPSA) is 0 Å². The summed E-state index contributed by atoms with van der Waals surface area (Å²) in [6.45, 7) is 0. The molecule has 61 heavy (non-hydrogen) atoms. The van der Waals surface area contributed by atoms with Gasteiger partial charge >= 0.3 is 0 Å². The maximum Gasteiger partial charge on any atom is 0.0378 e. The summed E-state index contributed by atoms with van der Waals surface area (Å²) in [4.78, 5) is 0. The van der Waals surface area contributed by atoms with E-state index in [1.54, 1.807) is 0 Å². The molecular weight excluding hydrogens is 809 g/mol. The van der Waals surface area contributed by atoms with Gasteiger partial charge in [0, 0.05) is 20.6 Å². The van der Waals surface area contributed by atoms with Crippen molar-refractivity contribution in [1.29, 1.82) is 0 Å². The molecule has 0 radical (unpaired) electrons. The van der Waals surface area contributed by atoms with Crippen LogP contribution in [-0.4, -0.2) is 0 Å². The van der Waals surface area contributed by atoms with E-state index in [4.69, 9.17) is 0 Å². The van der Waals surface area contributed by atoms with Crippen molar-refractivity contribution in [2.24, 2.45) is 23.7 Å². The number of benzene rings is 8. The first-order chi connectivity index (χ1) is 29.8. The van der Waals surface area contributed by atoms with Gasteiger partial charge in [-0.25, -0.2) is 0 Å². The maximum absolute atomic E-state index is 3.59. The van der Waals surface area contributed by atoms with E-state index in [9.17, 15) is 0 Å². The van der Waals surface area contributed by atoms with E-state index in [2.05, 4.69) is 280 Å². The van der Waals surface area contributed by atoms with Crippen LogP contribution >= 0.6 is 37.0 Å². The van der Waals surface area contributed by atoms with Crippen molar-refractivity contribution >= 4 is 37.0 Å². The highest BCUT2D eigenvalue weighted by Crippen LogP contribution is 2.73. The van der Waals surface area contributed by atoms with Crippen LogP contribution in [0, 0.1) is 23.7 Å². The normalized spacial score (nSPS) is 18.4. The Bertz CT molecular complexity index is 2260. The molecule has 0 spiro atoms. The van der Waals surface area contributed by atoms with E-state index in [1.807, 2.05) is 0 Å². The second kappa shape index (κ2) is 17.7. The highest BCUT2D eigenvalue weighted by atomic mass is 31.0. The molecule has 0 amide bonds. The van der Waals surface area contributed by atoms with Crippen molar-refractivity contribution < 1.29 is 0 Å². The molecule has 0 aliphatic heterocycles. The first kappa shape index (κ1) is 41.8. The highest BCUT2D eigenvalue weighted by Gasteiger charge is 2.66. The standard InChI is InChI=1S/C57H54P4/c58-54(42-25-9-1-10-26-42,43-27-11-2-12-28-43)50-41-51(55(59,44-29-13-3-14-30-44)45-31-15-4-16-32-45)53(57(61,48-37-21-7-22-38-48)49-39-23-8-24-40-49)52(50)56(60,46-33-17-5-18-34-46)47-35-19-6-20-36-47/h1-40,50-53H,41,58-61H2/t50-,51+,52-,53+. The lowest BCUT2D eigenvalue weighted by Gasteiger charge is -2.54. The van der Waals surface area contributed by atoms with E-state index < -0.39 is 20.6 Å². The fraction of sp³-hybridized carbons (Fsp3) is 0.158. The highest BCUT2D eigenvalue weighted by molar-refractivity contribution is 7.20. The van der Waals surface area contributed by atoms with Crippen LogP contribution in [0.5, 0.6) is 0 Å². The van der Waals surface area contributed by atoms with Gasteiger partial charge in [0.25, 0.3) is 0 Å². The lowest BCUT2D eigenvalue weighted by molar-refractivity contribution is 0.175. The van der Waals surface area contributed by atoms with Crippen molar-refractivity contribution in [3.8, 4) is 0 Å². The summed E-state index contributed by atoms with van der Waals surface area (Å²) >= 11 is 0. The van der Waals surface area contributed by atoms with Gasteiger partial charge in [-0.2, -0.15) is 0 Å². The Hall–Kier alpha value is -4.52. The Morgan fingerprint density at radius 2 is 0.377 bits per heavy atom. The summed E-state index contributed by atoms with van der Waals surface area (Å²) in [6.07, 6.45) is 0.932. The van der Waals surface area contributed by atoms with Gasteiger partial charge in [0.15, 0.2) is 0 Å². The molecule has 0 saturated heterocycles. The van der Waals surface area contributed by atoms with Crippen LogP contribution in [0.1, 0.15) is 50.9 Å². The molecule has 9 rings (SSSR count). The summed E-state index contributed by atoms with van der Waals surface area (Å²) in [5, 5.41) is -2.04.